The van der Waals surface area contributed by atoms with Crippen molar-refractivity contribution in [3.05, 3.63) is 27.9 Å². The van der Waals surface area contributed by atoms with Gasteiger partial charge in [0.1, 0.15) is 11.9 Å². The van der Waals surface area contributed by atoms with Gasteiger partial charge in [-0.2, -0.15) is 5.26 Å². The minimum absolute atomic E-state index is 0.145. The average Bonchev–Trinajstić information content (AvgIpc) is 2.90. The molecule has 2 rings (SSSR count). The van der Waals surface area contributed by atoms with Crippen molar-refractivity contribution in [3.63, 3.8) is 0 Å². The first-order valence-corrected chi connectivity index (χ1v) is 6.12. The molecular weight excluding hydrogens is 246 g/mol. The van der Waals surface area contributed by atoms with Gasteiger partial charge in [-0.1, -0.05) is 0 Å². The normalized spacial score (nSPS) is 18.0. The smallest absolute Gasteiger partial charge is 0.305 e. The van der Waals surface area contributed by atoms with Crippen LogP contribution in [0.15, 0.2) is 12.1 Å². The molecule has 1 aromatic heterocycles. The van der Waals surface area contributed by atoms with Gasteiger partial charge in [0.2, 0.25) is 5.69 Å². The van der Waals surface area contributed by atoms with Gasteiger partial charge in [-0.25, -0.2) is 4.98 Å². The Morgan fingerprint density at radius 1 is 1.68 bits per heavy atom. The molecular formula is C12H15N5O2. The van der Waals surface area contributed by atoms with Gasteiger partial charge in [-0.3, -0.25) is 10.1 Å². The first-order valence-electron chi connectivity index (χ1n) is 6.12. The van der Waals surface area contributed by atoms with Gasteiger partial charge >= 0.3 is 5.69 Å². The zero-order chi connectivity index (χ0) is 13.8. The number of pyridine rings is 1. The summed E-state index contributed by atoms with van der Waals surface area (Å²) in [6, 6.07) is 5.09. The minimum atomic E-state index is -0.589. The van der Waals surface area contributed by atoms with Crippen LogP contribution in [0.2, 0.25) is 0 Å². The molecule has 1 fully saturated rings. The molecule has 0 radical (unpaired) electrons. The molecule has 100 valence electrons. The van der Waals surface area contributed by atoms with E-state index in [1.54, 1.807) is 12.1 Å². The molecule has 7 heteroatoms. The molecule has 1 atom stereocenters. The number of anilines is 1. The molecule has 1 N–H and O–H groups in total. The second-order valence-electron chi connectivity index (χ2n) is 4.58. The third-order valence-electron chi connectivity index (χ3n) is 3.21. The van der Waals surface area contributed by atoms with Gasteiger partial charge in [-0.05, 0) is 25.5 Å². The van der Waals surface area contributed by atoms with Crippen LogP contribution < -0.4 is 10.2 Å². The third kappa shape index (κ3) is 2.98. The van der Waals surface area contributed by atoms with E-state index in [9.17, 15) is 10.1 Å². The van der Waals surface area contributed by atoms with Gasteiger partial charge in [0.25, 0.3) is 0 Å². The van der Waals surface area contributed by atoms with Crippen molar-refractivity contribution < 1.29 is 4.92 Å². The molecule has 0 amide bonds. The van der Waals surface area contributed by atoms with E-state index in [1.807, 2.05) is 11.9 Å². The summed E-state index contributed by atoms with van der Waals surface area (Å²) >= 11 is 0. The Balaban J connectivity index is 2.16. The predicted octanol–water partition coefficient (Wildman–Crippen LogP) is 1.05. The highest BCUT2D eigenvalue weighted by Crippen LogP contribution is 2.20. The number of hydrogen-bond donors (Lipinski definition) is 1. The summed E-state index contributed by atoms with van der Waals surface area (Å²) < 4.78 is 0. The van der Waals surface area contributed by atoms with E-state index >= 15 is 0 Å². The highest BCUT2D eigenvalue weighted by atomic mass is 16.6. The van der Waals surface area contributed by atoms with Crippen LogP contribution in [0.4, 0.5) is 11.5 Å². The highest BCUT2D eigenvalue weighted by molar-refractivity contribution is 5.51. The molecule has 0 spiro atoms. The van der Waals surface area contributed by atoms with Gasteiger partial charge in [0.15, 0.2) is 0 Å². The van der Waals surface area contributed by atoms with Crippen molar-refractivity contribution in [1.29, 1.82) is 5.26 Å². The summed E-state index contributed by atoms with van der Waals surface area (Å²) in [6.07, 6.45) is 2.28. The van der Waals surface area contributed by atoms with Crippen molar-refractivity contribution >= 4 is 11.5 Å². The van der Waals surface area contributed by atoms with E-state index in [1.165, 1.54) is 6.07 Å². The predicted molar refractivity (Wildman–Crippen MR) is 69.9 cm³/mol. The molecule has 0 aromatic carbocycles. The monoisotopic (exact) mass is 261 g/mol. The van der Waals surface area contributed by atoms with Crippen LogP contribution in [0.3, 0.4) is 0 Å². The van der Waals surface area contributed by atoms with Crippen molar-refractivity contribution in [2.24, 2.45) is 0 Å². The molecule has 1 aliphatic heterocycles. The Kier molecular flexibility index (Phi) is 3.92. The maximum absolute atomic E-state index is 10.7. The SMILES string of the molecule is CN(CC1CCCN1)c1ccc([N+](=O)[O-])c(C#N)n1. The van der Waals surface area contributed by atoms with E-state index in [0.717, 1.165) is 25.9 Å². The average molecular weight is 261 g/mol. The molecule has 1 aromatic rings. The van der Waals surface area contributed by atoms with Gasteiger partial charge in [-0.15, -0.1) is 0 Å². The topological polar surface area (TPSA) is 95.1 Å². The van der Waals surface area contributed by atoms with E-state index < -0.39 is 4.92 Å². The zero-order valence-electron chi connectivity index (χ0n) is 10.7. The van der Waals surface area contributed by atoms with Crippen LogP contribution in [0.1, 0.15) is 18.5 Å². The van der Waals surface area contributed by atoms with Crippen molar-refractivity contribution in [1.82, 2.24) is 10.3 Å². The fourth-order valence-corrected chi connectivity index (χ4v) is 2.22. The Labute approximate surface area is 111 Å². The summed E-state index contributed by atoms with van der Waals surface area (Å²) in [7, 11) is 1.87. The molecule has 0 saturated carbocycles. The summed E-state index contributed by atoms with van der Waals surface area (Å²) in [5.74, 6) is 0.579. The van der Waals surface area contributed by atoms with Crippen molar-refractivity contribution in [2.75, 3.05) is 25.0 Å². The van der Waals surface area contributed by atoms with Gasteiger partial charge in [0.05, 0.1) is 4.92 Å². The minimum Gasteiger partial charge on any atom is -0.358 e. The Morgan fingerprint density at radius 2 is 2.47 bits per heavy atom. The van der Waals surface area contributed by atoms with Crippen LogP contribution in [0, 0.1) is 21.4 Å². The summed E-state index contributed by atoms with van der Waals surface area (Å²) in [6.45, 7) is 1.80. The summed E-state index contributed by atoms with van der Waals surface area (Å²) in [5, 5.41) is 23.0. The van der Waals surface area contributed by atoms with E-state index in [0.29, 0.717) is 11.9 Å². The zero-order valence-corrected chi connectivity index (χ0v) is 10.7. The molecule has 19 heavy (non-hydrogen) atoms. The van der Waals surface area contributed by atoms with Gasteiger partial charge in [0, 0.05) is 25.7 Å². The summed E-state index contributed by atoms with van der Waals surface area (Å²) in [5.41, 5.74) is -0.396. The lowest BCUT2D eigenvalue weighted by Gasteiger charge is -2.22. The first-order chi connectivity index (χ1) is 9.11. The number of hydrogen-bond acceptors (Lipinski definition) is 6. The van der Waals surface area contributed by atoms with Crippen LogP contribution in [-0.4, -0.2) is 36.1 Å². The molecule has 0 bridgehead atoms. The molecule has 1 saturated heterocycles. The van der Waals surface area contributed by atoms with Crippen LogP contribution in [0.25, 0.3) is 0 Å². The molecule has 0 aliphatic carbocycles. The molecule has 1 unspecified atom stereocenters. The maximum atomic E-state index is 10.7. The second-order valence-corrected chi connectivity index (χ2v) is 4.58. The largest absolute Gasteiger partial charge is 0.358 e. The van der Waals surface area contributed by atoms with E-state index in [-0.39, 0.29) is 11.4 Å². The maximum Gasteiger partial charge on any atom is 0.305 e. The number of nitrogens with one attached hydrogen (secondary N) is 1. The number of likely N-dealkylation sites (N-methyl/N-ethyl adjacent to an activating group) is 1. The fourth-order valence-electron chi connectivity index (χ4n) is 2.22. The lowest BCUT2D eigenvalue weighted by Crippen LogP contribution is -2.35. The van der Waals surface area contributed by atoms with Gasteiger partial charge < -0.3 is 10.2 Å². The van der Waals surface area contributed by atoms with Crippen LogP contribution in [-0.2, 0) is 0 Å². The third-order valence-corrected chi connectivity index (χ3v) is 3.21. The number of nitrogens with zero attached hydrogens (tertiary/aromatic N) is 4. The number of aromatic nitrogens is 1. The molecule has 2 heterocycles. The summed E-state index contributed by atoms with van der Waals surface area (Å²) in [4.78, 5) is 16.1. The Morgan fingerprint density at radius 3 is 3.05 bits per heavy atom. The Hall–Kier alpha value is -2.20. The first kappa shape index (κ1) is 13.2. The van der Waals surface area contributed by atoms with E-state index in [4.69, 9.17) is 5.26 Å². The van der Waals surface area contributed by atoms with E-state index in [2.05, 4.69) is 10.3 Å². The quantitative estimate of drug-likeness (QED) is 0.643. The standard InChI is InChI=1S/C12H15N5O2/c1-16(8-9-3-2-6-14-9)12-5-4-11(17(18)19)10(7-13)15-12/h4-5,9,14H,2-3,6,8H2,1H3. The fraction of sp³-hybridized carbons (Fsp3) is 0.500. The van der Waals surface area contributed by atoms with Crippen molar-refractivity contribution in [3.8, 4) is 6.07 Å². The van der Waals surface area contributed by atoms with Crippen LogP contribution in [0.5, 0.6) is 0 Å². The second kappa shape index (κ2) is 5.63. The highest BCUT2D eigenvalue weighted by Gasteiger charge is 2.20. The Bertz CT molecular complexity index is 519. The van der Waals surface area contributed by atoms with Crippen LogP contribution >= 0.6 is 0 Å². The molecule has 1 aliphatic rings. The lowest BCUT2D eigenvalue weighted by atomic mass is 10.2. The number of nitro groups is 1. The molecule has 7 nitrogen and oxygen atoms in total. The number of nitriles is 1. The van der Waals surface area contributed by atoms with Crippen molar-refractivity contribution in [2.45, 2.75) is 18.9 Å². The lowest BCUT2D eigenvalue weighted by molar-refractivity contribution is -0.385. The number of rotatable bonds is 4.